The summed E-state index contributed by atoms with van der Waals surface area (Å²) in [5.74, 6) is 0.952. The lowest BCUT2D eigenvalue weighted by atomic mass is 10.2. The Hall–Kier alpha value is -2.58. The van der Waals surface area contributed by atoms with Crippen molar-refractivity contribution >= 4 is 21.6 Å². The molecule has 0 saturated carbocycles. The third-order valence-electron chi connectivity index (χ3n) is 4.06. The highest BCUT2D eigenvalue weighted by Gasteiger charge is 2.19. The van der Waals surface area contributed by atoms with Crippen LogP contribution in [0.3, 0.4) is 0 Å². The van der Waals surface area contributed by atoms with E-state index in [1.165, 1.54) is 32.1 Å². The van der Waals surface area contributed by atoms with Gasteiger partial charge in [-0.25, -0.2) is 13.1 Å². The van der Waals surface area contributed by atoms with Crippen molar-refractivity contribution < 1.29 is 22.7 Å². The number of hydrogen-bond donors (Lipinski definition) is 1. The van der Waals surface area contributed by atoms with E-state index in [1.807, 2.05) is 0 Å². The first kappa shape index (κ1) is 20.7. The van der Waals surface area contributed by atoms with Crippen LogP contribution in [0.5, 0.6) is 11.5 Å². The van der Waals surface area contributed by atoms with E-state index in [1.54, 1.807) is 43.3 Å². The van der Waals surface area contributed by atoms with Gasteiger partial charge in [-0.3, -0.25) is 4.79 Å². The number of benzene rings is 2. The maximum Gasteiger partial charge on any atom is 0.240 e. The fourth-order valence-corrected chi connectivity index (χ4v) is 3.80. The minimum absolute atomic E-state index is 0.0606. The first-order valence-corrected chi connectivity index (χ1v) is 9.84. The minimum atomic E-state index is -3.70. The average Bonchev–Trinajstić information content (AvgIpc) is 2.65. The molecule has 8 heteroatoms. The summed E-state index contributed by atoms with van der Waals surface area (Å²) in [5, 5.41) is 0. The minimum Gasteiger partial charge on any atom is -0.496 e. The predicted molar refractivity (Wildman–Crippen MR) is 104 cm³/mol. The summed E-state index contributed by atoms with van der Waals surface area (Å²) in [6.07, 6.45) is 0. The zero-order chi connectivity index (χ0) is 20.0. The Balaban J connectivity index is 2.12. The van der Waals surface area contributed by atoms with Crippen LogP contribution in [0, 0.1) is 6.92 Å². The molecule has 1 amide bonds. The highest BCUT2D eigenvalue weighted by atomic mass is 32.2. The largest absolute Gasteiger partial charge is 0.496 e. The average molecular weight is 392 g/mol. The molecule has 0 heterocycles. The number of carbonyl (C=O) groups excluding carboxylic acids is 1. The van der Waals surface area contributed by atoms with Crippen LogP contribution >= 0.6 is 0 Å². The second kappa shape index (κ2) is 8.88. The van der Waals surface area contributed by atoms with Gasteiger partial charge in [0.2, 0.25) is 15.9 Å². The molecule has 0 aliphatic carbocycles. The van der Waals surface area contributed by atoms with Crippen molar-refractivity contribution in [1.82, 2.24) is 4.72 Å². The Morgan fingerprint density at radius 2 is 1.74 bits per heavy atom. The van der Waals surface area contributed by atoms with Crippen molar-refractivity contribution in [2.75, 3.05) is 32.2 Å². The molecule has 0 spiro atoms. The summed E-state index contributed by atoms with van der Waals surface area (Å²) in [4.78, 5) is 13.7. The van der Waals surface area contributed by atoms with Gasteiger partial charge in [-0.1, -0.05) is 12.1 Å². The third-order valence-corrected chi connectivity index (χ3v) is 5.52. The van der Waals surface area contributed by atoms with Crippen molar-refractivity contribution in [3.63, 3.8) is 0 Å². The molecule has 2 rings (SSSR count). The summed E-state index contributed by atoms with van der Waals surface area (Å²) in [6, 6.07) is 11.7. The third kappa shape index (κ3) is 4.99. The Morgan fingerprint density at radius 3 is 2.33 bits per heavy atom. The number of carbonyl (C=O) groups is 1. The van der Waals surface area contributed by atoms with E-state index in [4.69, 9.17) is 9.47 Å². The molecule has 0 saturated heterocycles. The molecule has 0 radical (unpaired) electrons. The number of nitrogens with one attached hydrogen (secondary N) is 1. The normalized spacial score (nSPS) is 11.1. The molecule has 146 valence electrons. The maximum absolute atomic E-state index is 12.5. The molecule has 0 fully saturated rings. The van der Waals surface area contributed by atoms with Crippen LogP contribution in [-0.4, -0.2) is 41.6 Å². The standard InChI is InChI=1S/C19H24N2O5S/c1-14-13-16(9-10-18(14)25-3)27(23,24)20-11-12-21(15(2)22)17-7-5-6-8-19(17)26-4/h5-10,13,20H,11-12H2,1-4H3. The highest BCUT2D eigenvalue weighted by molar-refractivity contribution is 7.89. The summed E-state index contributed by atoms with van der Waals surface area (Å²) in [6.45, 7) is 3.43. The van der Waals surface area contributed by atoms with Crippen LogP contribution in [0.25, 0.3) is 0 Å². The number of sulfonamides is 1. The van der Waals surface area contributed by atoms with Crippen molar-refractivity contribution in [2.45, 2.75) is 18.7 Å². The first-order valence-electron chi connectivity index (χ1n) is 8.35. The van der Waals surface area contributed by atoms with Crippen LogP contribution in [0.2, 0.25) is 0 Å². The van der Waals surface area contributed by atoms with Gasteiger partial charge < -0.3 is 14.4 Å². The number of rotatable bonds is 8. The van der Waals surface area contributed by atoms with Crippen LogP contribution in [-0.2, 0) is 14.8 Å². The number of anilines is 1. The molecule has 1 N–H and O–H groups in total. The lowest BCUT2D eigenvalue weighted by molar-refractivity contribution is -0.116. The van der Waals surface area contributed by atoms with Crippen LogP contribution < -0.4 is 19.1 Å². The summed E-state index contributed by atoms with van der Waals surface area (Å²) < 4.78 is 38.0. The van der Waals surface area contributed by atoms with Crippen LogP contribution in [0.15, 0.2) is 47.4 Å². The molecular weight excluding hydrogens is 368 g/mol. The molecule has 0 unspecified atom stereocenters. The SMILES string of the molecule is COc1ccc(S(=O)(=O)NCCN(C(C)=O)c2ccccc2OC)cc1C. The Morgan fingerprint density at radius 1 is 1.07 bits per heavy atom. The van der Waals surface area contributed by atoms with Gasteiger partial charge in [-0.2, -0.15) is 0 Å². The molecule has 0 aliphatic rings. The summed E-state index contributed by atoms with van der Waals surface area (Å²) in [7, 11) is -0.651. The fraction of sp³-hybridized carbons (Fsp3) is 0.316. The number of amides is 1. The molecule has 0 aliphatic heterocycles. The Bertz CT molecular complexity index is 912. The topological polar surface area (TPSA) is 84.9 Å². The molecule has 2 aromatic carbocycles. The van der Waals surface area contributed by atoms with Gasteiger partial charge in [-0.05, 0) is 42.8 Å². The number of methoxy groups -OCH3 is 2. The maximum atomic E-state index is 12.5. The number of aryl methyl sites for hydroxylation is 1. The van der Waals surface area contributed by atoms with Gasteiger partial charge >= 0.3 is 0 Å². The van der Waals surface area contributed by atoms with E-state index < -0.39 is 10.0 Å². The molecule has 0 aromatic heterocycles. The quantitative estimate of drug-likeness (QED) is 0.745. The van der Waals surface area contributed by atoms with E-state index in [0.717, 1.165) is 5.56 Å². The van der Waals surface area contributed by atoms with E-state index >= 15 is 0 Å². The molecule has 0 bridgehead atoms. The van der Waals surface area contributed by atoms with Crippen molar-refractivity contribution in [3.8, 4) is 11.5 Å². The number of para-hydroxylation sites is 2. The predicted octanol–water partition coefficient (Wildman–Crippen LogP) is 2.34. The first-order chi connectivity index (χ1) is 12.8. The number of ether oxygens (including phenoxy) is 2. The number of hydrogen-bond acceptors (Lipinski definition) is 5. The second-order valence-corrected chi connectivity index (χ2v) is 7.64. The smallest absolute Gasteiger partial charge is 0.240 e. The van der Waals surface area contributed by atoms with Crippen LogP contribution in [0.1, 0.15) is 12.5 Å². The van der Waals surface area contributed by atoms with Gasteiger partial charge in [0, 0.05) is 20.0 Å². The Kier molecular flexibility index (Phi) is 6.81. The number of nitrogens with zero attached hydrogens (tertiary/aromatic N) is 1. The van der Waals surface area contributed by atoms with Crippen molar-refractivity contribution in [3.05, 3.63) is 48.0 Å². The highest BCUT2D eigenvalue weighted by Crippen LogP contribution is 2.27. The summed E-state index contributed by atoms with van der Waals surface area (Å²) in [5.41, 5.74) is 1.31. The van der Waals surface area contributed by atoms with Crippen molar-refractivity contribution in [1.29, 1.82) is 0 Å². The fourth-order valence-electron chi connectivity index (χ4n) is 2.69. The molecule has 27 heavy (non-hydrogen) atoms. The van der Waals surface area contributed by atoms with Gasteiger partial charge in [0.05, 0.1) is 24.8 Å². The Labute approximate surface area is 160 Å². The van der Waals surface area contributed by atoms with Crippen LogP contribution in [0.4, 0.5) is 5.69 Å². The van der Waals surface area contributed by atoms with Gasteiger partial charge in [0.15, 0.2) is 0 Å². The van der Waals surface area contributed by atoms with E-state index in [9.17, 15) is 13.2 Å². The van der Waals surface area contributed by atoms with E-state index in [-0.39, 0.29) is 23.9 Å². The second-order valence-electron chi connectivity index (χ2n) is 5.87. The van der Waals surface area contributed by atoms with Gasteiger partial charge in [0.1, 0.15) is 11.5 Å². The lowest BCUT2D eigenvalue weighted by Gasteiger charge is -2.23. The molecule has 7 nitrogen and oxygen atoms in total. The van der Waals surface area contributed by atoms with E-state index in [0.29, 0.717) is 17.2 Å². The van der Waals surface area contributed by atoms with Gasteiger partial charge in [-0.15, -0.1) is 0 Å². The zero-order valence-electron chi connectivity index (χ0n) is 15.9. The van der Waals surface area contributed by atoms with Crippen molar-refractivity contribution in [2.24, 2.45) is 0 Å². The zero-order valence-corrected chi connectivity index (χ0v) is 16.7. The molecule has 2 aromatic rings. The molecular formula is C19H24N2O5S. The monoisotopic (exact) mass is 392 g/mol. The molecule has 0 atom stereocenters. The van der Waals surface area contributed by atoms with E-state index in [2.05, 4.69) is 4.72 Å². The van der Waals surface area contributed by atoms with Gasteiger partial charge in [0.25, 0.3) is 0 Å². The lowest BCUT2D eigenvalue weighted by Crippen LogP contribution is -2.37. The summed E-state index contributed by atoms with van der Waals surface area (Å²) >= 11 is 0.